The van der Waals surface area contributed by atoms with Crippen molar-refractivity contribution in [3.8, 4) is 0 Å². The van der Waals surface area contributed by atoms with Crippen molar-refractivity contribution < 1.29 is 28.7 Å². The van der Waals surface area contributed by atoms with Crippen LogP contribution in [-0.4, -0.2) is 36.7 Å². The number of fused-ring (bicyclic) bond motifs is 2. The Morgan fingerprint density at radius 2 is 1.07 bits per heavy atom. The van der Waals surface area contributed by atoms with E-state index in [2.05, 4.69) is 0 Å². The highest BCUT2D eigenvalue weighted by molar-refractivity contribution is 6.12. The van der Waals surface area contributed by atoms with Gasteiger partial charge in [0.1, 0.15) is 0 Å². The van der Waals surface area contributed by atoms with Gasteiger partial charge in [-0.3, -0.25) is 19.2 Å². The molecule has 0 amide bonds. The molecule has 0 spiro atoms. The molecule has 1 aliphatic carbocycles. The molecular formula is C24H24O6. The maximum atomic E-state index is 13.5. The molecule has 0 saturated heterocycles. The molecule has 0 bridgehead atoms. The zero-order chi connectivity index (χ0) is 21.7. The third-order valence-corrected chi connectivity index (χ3v) is 5.19. The van der Waals surface area contributed by atoms with Crippen molar-refractivity contribution in [2.24, 2.45) is 0 Å². The second kappa shape index (κ2) is 9.48. The van der Waals surface area contributed by atoms with Gasteiger partial charge in [-0.15, -0.1) is 0 Å². The van der Waals surface area contributed by atoms with E-state index in [1.807, 2.05) is 0 Å². The summed E-state index contributed by atoms with van der Waals surface area (Å²) in [7, 11) is 0. The third-order valence-electron chi connectivity index (χ3n) is 5.19. The fraction of sp³-hybridized carbons (Fsp3) is 0.333. The van der Waals surface area contributed by atoms with Crippen LogP contribution >= 0.6 is 0 Å². The summed E-state index contributed by atoms with van der Waals surface area (Å²) in [5.74, 6) is -3.22. The quantitative estimate of drug-likeness (QED) is 0.675. The lowest BCUT2D eigenvalue weighted by Crippen LogP contribution is -2.28. The minimum atomic E-state index is -0.839. The molecule has 0 aliphatic heterocycles. The minimum Gasteiger partial charge on any atom is -0.466 e. The molecule has 6 nitrogen and oxygen atoms in total. The summed E-state index contributed by atoms with van der Waals surface area (Å²) in [6.07, 6.45) is -0.318. The Kier molecular flexibility index (Phi) is 6.77. The van der Waals surface area contributed by atoms with Gasteiger partial charge in [0.2, 0.25) is 0 Å². The van der Waals surface area contributed by atoms with E-state index < -0.39 is 23.8 Å². The van der Waals surface area contributed by atoms with Gasteiger partial charge in [-0.1, -0.05) is 48.5 Å². The normalized spacial score (nSPS) is 17.9. The topological polar surface area (TPSA) is 86.7 Å². The molecule has 0 saturated carbocycles. The molecule has 6 heteroatoms. The van der Waals surface area contributed by atoms with Gasteiger partial charge in [-0.05, 0) is 25.0 Å². The average Bonchev–Trinajstić information content (AvgIpc) is 2.75. The molecule has 2 aromatic carbocycles. The lowest BCUT2D eigenvalue weighted by Gasteiger charge is -2.27. The van der Waals surface area contributed by atoms with Crippen LogP contribution in [0.4, 0.5) is 0 Å². The molecule has 156 valence electrons. The number of ether oxygens (including phenoxy) is 2. The van der Waals surface area contributed by atoms with Crippen LogP contribution < -0.4 is 0 Å². The van der Waals surface area contributed by atoms with Gasteiger partial charge < -0.3 is 9.47 Å². The summed E-state index contributed by atoms with van der Waals surface area (Å²) in [5, 5.41) is 0. The maximum absolute atomic E-state index is 13.5. The first kappa shape index (κ1) is 21.4. The Morgan fingerprint density at radius 3 is 1.43 bits per heavy atom. The van der Waals surface area contributed by atoms with Gasteiger partial charge >= 0.3 is 11.9 Å². The summed E-state index contributed by atoms with van der Waals surface area (Å²) in [6.45, 7) is 3.81. The molecule has 0 radical (unpaired) electrons. The van der Waals surface area contributed by atoms with E-state index in [9.17, 15) is 19.2 Å². The van der Waals surface area contributed by atoms with Crippen molar-refractivity contribution in [2.45, 2.75) is 38.5 Å². The van der Waals surface area contributed by atoms with E-state index in [-0.39, 0.29) is 37.6 Å². The van der Waals surface area contributed by atoms with Crippen molar-refractivity contribution in [3.05, 3.63) is 70.8 Å². The largest absolute Gasteiger partial charge is 0.466 e. The van der Waals surface area contributed by atoms with Crippen LogP contribution in [0.25, 0.3) is 0 Å². The number of benzene rings is 2. The number of hydrogen-bond donors (Lipinski definition) is 0. The number of rotatable bonds is 6. The summed E-state index contributed by atoms with van der Waals surface area (Å²) < 4.78 is 10.1. The molecule has 0 aromatic heterocycles. The van der Waals surface area contributed by atoms with Gasteiger partial charge in [-0.25, -0.2) is 0 Å². The van der Waals surface area contributed by atoms with Crippen molar-refractivity contribution in [1.29, 1.82) is 0 Å². The van der Waals surface area contributed by atoms with Gasteiger partial charge in [0.15, 0.2) is 11.6 Å². The van der Waals surface area contributed by atoms with Crippen molar-refractivity contribution in [3.63, 3.8) is 0 Å². The molecule has 0 heterocycles. The second-order valence-corrected chi connectivity index (χ2v) is 7.03. The van der Waals surface area contributed by atoms with Crippen molar-refractivity contribution >= 4 is 23.5 Å². The monoisotopic (exact) mass is 408 g/mol. The number of Topliss-reactive ketones (excluding diaryl/α,β-unsaturated/α-hetero) is 2. The van der Waals surface area contributed by atoms with E-state index >= 15 is 0 Å². The number of carbonyl (C=O) groups excluding carboxylic acids is 4. The smallest absolute Gasteiger partial charge is 0.306 e. The zero-order valence-corrected chi connectivity index (χ0v) is 17.1. The number of carbonyl (C=O) groups is 4. The fourth-order valence-electron chi connectivity index (χ4n) is 3.89. The molecule has 2 unspecified atom stereocenters. The molecule has 1 aliphatic rings. The Balaban J connectivity index is 2.15. The summed E-state index contributed by atoms with van der Waals surface area (Å²) in [6, 6.07) is 13.5. The van der Waals surface area contributed by atoms with E-state index in [0.717, 1.165) is 0 Å². The standard InChI is InChI=1S/C24H24O6/c1-3-29-21(25)13-19-15-9-5-7-11-17(15)24(28)20(14-22(26)30-4-2)16-10-6-8-12-18(16)23(19)27/h5-12,19-20H,3-4,13-14H2,1-2H3. The molecule has 0 N–H and O–H groups in total. The second-order valence-electron chi connectivity index (χ2n) is 7.03. The lowest BCUT2D eigenvalue weighted by molar-refractivity contribution is -0.144. The Bertz CT molecular complexity index is 898. The van der Waals surface area contributed by atoms with Crippen molar-refractivity contribution in [1.82, 2.24) is 0 Å². The fourth-order valence-corrected chi connectivity index (χ4v) is 3.89. The first-order valence-electron chi connectivity index (χ1n) is 10.0. The molecule has 2 atom stereocenters. The third kappa shape index (κ3) is 4.32. The van der Waals surface area contributed by atoms with Gasteiger partial charge in [0, 0.05) is 11.1 Å². The molecule has 2 aromatic rings. The highest BCUT2D eigenvalue weighted by Gasteiger charge is 2.37. The average molecular weight is 408 g/mol. The van der Waals surface area contributed by atoms with Crippen LogP contribution in [0.1, 0.15) is 70.4 Å². The van der Waals surface area contributed by atoms with Crippen LogP contribution in [-0.2, 0) is 19.1 Å². The molecule has 3 rings (SSSR count). The summed E-state index contributed by atoms with van der Waals surface area (Å²) in [4.78, 5) is 51.5. The lowest BCUT2D eigenvalue weighted by atomic mass is 9.74. The predicted octanol–water partition coefficient (Wildman–Crippen LogP) is 3.84. The molecule has 30 heavy (non-hydrogen) atoms. The molecule has 0 fully saturated rings. The first-order valence-corrected chi connectivity index (χ1v) is 10.0. The molecular weight excluding hydrogens is 384 g/mol. The highest BCUT2D eigenvalue weighted by atomic mass is 16.5. The van der Waals surface area contributed by atoms with E-state index in [1.54, 1.807) is 62.4 Å². The van der Waals surface area contributed by atoms with Gasteiger partial charge in [0.05, 0.1) is 37.9 Å². The van der Waals surface area contributed by atoms with Crippen LogP contribution in [0.2, 0.25) is 0 Å². The summed E-state index contributed by atoms with van der Waals surface area (Å²) >= 11 is 0. The Hall–Kier alpha value is -3.28. The Labute approximate surface area is 175 Å². The number of ketones is 2. The zero-order valence-electron chi connectivity index (χ0n) is 17.1. The SMILES string of the molecule is CCOC(=O)CC1C(=O)c2ccccc2C(CC(=O)OCC)C(=O)c2ccccc21. The van der Waals surface area contributed by atoms with E-state index in [4.69, 9.17) is 9.47 Å². The minimum absolute atomic E-state index is 0.159. The van der Waals surface area contributed by atoms with Crippen LogP contribution in [0.3, 0.4) is 0 Å². The van der Waals surface area contributed by atoms with Gasteiger partial charge in [-0.2, -0.15) is 0 Å². The van der Waals surface area contributed by atoms with Crippen LogP contribution in [0, 0.1) is 0 Å². The maximum Gasteiger partial charge on any atom is 0.306 e. The van der Waals surface area contributed by atoms with Crippen LogP contribution in [0.5, 0.6) is 0 Å². The van der Waals surface area contributed by atoms with Crippen LogP contribution in [0.15, 0.2) is 48.5 Å². The highest BCUT2D eigenvalue weighted by Crippen LogP contribution is 2.38. The van der Waals surface area contributed by atoms with Crippen molar-refractivity contribution in [2.75, 3.05) is 13.2 Å². The first-order chi connectivity index (χ1) is 14.5. The number of hydrogen-bond acceptors (Lipinski definition) is 6. The Morgan fingerprint density at radius 1 is 0.700 bits per heavy atom. The van der Waals surface area contributed by atoms with E-state index in [0.29, 0.717) is 22.3 Å². The predicted molar refractivity (Wildman–Crippen MR) is 110 cm³/mol. The van der Waals surface area contributed by atoms with E-state index in [1.165, 1.54) is 0 Å². The van der Waals surface area contributed by atoms with Gasteiger partial charge in [0.25, 0.3) is 0 Å². The summed E-state index contributed by atoms with van der Waals surface area (Å²) in [5.41, 5.74) is 1.63. The number of esters is 2.